The molecule has 0 aromatic heterocycles. The quantitative estimate of drug-likeness (QED) is 0.460. The van der Waals surface area contributed by atoms with Crippen LogP contribution in [0.5, 0.6) is 0 Å². The van der Waals surface area contributed by atoms with Crippen molar-refractivity contribution in [2.24, 2.45) is 0 Å². The first-order chi connectivity index (χ1) is 5.22. The molecule has 0 aliphatic rings. The SMILES string of the molecule is O=[P+](O)C(O)c1ccccc1.[H+].[H+].[H-].[Na+]. The maximum atomic E-state index is 10.4. The zero-order valence-electron chi connectivity index (χ0n) is 9.71. The third kappa shape index (κ3) is 3.31. The molecule has 1 rings (SSSR count). The first kappa shape index (κ1) is 12.2. The van der Waals surface area contributed by atoms with Gasteiger partial charge in [-0.25, -0.2) is 0 Å². The number of rotatable bonds is 2. The Morgan fingerprint density at radius 1 is 1.42 bits per heavy atom. The fraction of sp³-hybridized carbons (Fsp3) is 0.143. The summed E-state index contributed by atoms with van der Waals surface area (Å²) in [7, 11) is -2.53. The molecule has 0 heterocycles. The molecule has 1 aromatic rings. The van der Waals surface area contributed by atoms with Gasteiger partial charge in [0.2, 0.25) is 0 Å². The second kappa shape index (κ2) is 5.81. The Labute approximate surface area is 98.0 Å². The summed E-state index contributed by atoms with van der Waals surface area (Å²) in [4.78, 5) is 8.53. The van der Waals surface area contributed by atoms with E-state index in [1.807, 2.05) is 0 Å². The van der Waals surface area contributed by atoms with Crippen molar-refractivity contribution in [2.45, 2.75) is 5.85 Å². The van der Waals surface area contributed by atoms with E-state index in [1.165, 1.54) is 0 Å². The van der Waals surface area contributed by atoms with Crippen LogP contribution in [0, 0.1) is 0 Å². The molecular formula is C7H11NaO3P+3. The molecule has 0 radical (unpaired) electrons. The van der Waals surface area contributed by atoms with Crippen LogP contribution in [0.15, 0.2) is 30.3 Å². The summed E-state index contributed by atoms with van der Waals surface area (Å²) in [5.74, 6) is -1.26. The largest absolute Gasteiger partial charge is 1.00 e. The minimum Gasteiger partial charge on any atom is -1.00 e. The van der Waals surface area contributed by atoms with Crippen molar-refractivity contribution in [3.8, 4) is 0 Å². The molecule has 2 atom stereocenters. The van der Waals surface area contributed by atoms with Crippen LogP contribution in [-0.2, 0) is 4.57 Å². The van der Waals surface area contributed by atoms with Gasteiger partial charge >= 0.3 is 46.3 Å². The predicted octanol–water partition coefficient (Wildman–Crippen LogP) is -1.25. The molecule has 0 saturated heterocycles. The Morgan fingerprint density at radius 3 is 2.33 bits per heavy atom. The number of aliphatic hydroxyl groups excluding tert-OH is 1. The van der Waals surface area contributed by atoms with Crippen molar-refractivity contribution in [3.63, 3.8) is 0 Å². The summed E-state index contributed by atoms with van der Waals surface area (Å²) in [6.07, 6.45) is 0. The summed E-state index contributed by atoms with van der Waals surface area (Å²) < 4.78 is 10.4. The van der Waals surface area contributed by atoms with Gasteiger partial charge in [-0.05, 0) is 4.57 Å². The van der Waals surface area contributed by atoms with Gasteiger partial charge in [0.25, 0.3) is 0 Å². The zero-order valence-corrected chi connectivity index (χ0v) is 9.61. The van der Waals surface area contributed by atoms with Crippen LogP contribution in [-0.4, -0.2) is 10.00 Å². The van der Waals surface area contributed by atoms with Crippen LogP contribution in [0.25, 0.3) is 0 Å². The Balaban J connectivity index is -0.000000151. The van der Waals surface area contributed by atoms with Gasteiger partial charge < -0.3 is 6.53 Å². The van der Waals surface area contributed by atoms with E-state index in [1.54, 1.807) is 30.3 Å². The third-order valence-electron chi connectivity index (χ3n) is 1.31. The van der Waals surface area contributed by atoms with Crippen LogP contribution in [0.2, 0.25) is 0 Å². The van der Waals surface area contributed by atoms with Crippen molar-refractivity contribution in [1.29, 1.82) is 0 Å². The second-order valence-corrected chi connectivity index (χ2v) is 3.18. The van der Waals surface area contributed by atoms with Gasteiger partial charge in [0.15, 0.2) is 0 Å². The molecule has 0 bridgehead atoms. The minimum absolute atomic E-state index is 0. The fourth-order valence-electron chi connectivity index (χ4n) is 0.753. The maximum absolute atomic E-state index is 10.4. The van der Waals surface area contributed by atoms with E-state index < -0.39 is 13.9 Å². The van der Waals surface area contributed by atoms with E-state index in [9.17, 15) is 4.57 Å². The molecule has 0 aliphatic heterocycles. The summed E-state index contributed by atoms with van der Waals surface area (Å²) in [6.45, 7) is 0. The first-order valence-electron chi connectivity index (χ1n) is 3.10. The van der Waals surface area contributed by atoms with Crippen LogP contribution in [0.4, 0.5) is 0 Å². The molecule has 0 saturated carbocycles. The van der Waals surface area contributed by atoms with E-state index in [-0.39, 0.29) is 33.8 Å². The Kier molecular flexibility index (Phi) is 5.93. The Morgan fingerprint density at radius 2 is 1.92 bits per heavy atom. The van der Waals surface area contributed by atoms with Gasteiger partial charge in [0, 0.05) is 5.56 Å². The molecule has 1 aromatic carbocycles. The fourth-order valence-corrected chi connectivity index (χ4v) is 1.18. The monoisotopic (exact) mass is 197 g/mol. The van der Waals surface area contributed by atoms with E-state index in [4.69, 9.17) is 10.00 Å². The van der Waals surface area contributed by atoms with Crippen molar-refractivity contribution in [3.05, 3.63) is 35.9 Å². The Bertz CT molecular complexity index is 263. The average Bonchev–Trinajstić information content (AvgIpc) is 2.05. The van der Waals surface area contributed by atoms with Gasteiger partial charge in [-0.3, -0.25) is 0 Å². The average molecular weight is 197 g/mol. The molecule has 0 aliphatic carbocycles. The summed E-state index contributed by atoms with van der Waals surface area (Å²) >= 11 is 0. The summed E-state index contributed by atoms with van der Waals surface area (Å²) in [5, 5.41) is 9.06. The van der Waals surface area contributed by atoms with Crippen LogP contribution in [0.1, 0.15) is 15.7 Å². The molecule has 12 heavy (non-hydrogen) atoms. The van der Waals surface area contributed by atoms with Crippen LogP contribution in [0.3, 0.4) is 0 Å². The molecule has 0 amide bonds. The molecular weight excluding hydrogens is 186 g/mol. The van der Waals surface area contributed by atoms with E-state index >= 15 is 0 Å². The third-order valence-corrected chi connectivity index (χ3v) is 2.02. The standard InChI is InChI=1S/C7H7O3P.Na.H/c8-7(11(9)10)6-4-2-1-3-5-6;;/h1-5,7-8H;;/q;+1;-1/p+3. The summed E-state index contributed by atoms with van der Waals surface area (Å²) in [6, 6.07) is 8.40. The van der Waals surface area contributed by atoms with E-state index in [0.29, 0.717) is 5.56 Å². The van der Waals surface area contributed by atoms with Gasteiger partial charge in [-0.1, -0.05) is 30.3 Å². The van der Waals surface area contributed by atoms with Crippen LogP contribution < -0.4 is 29.6 Å². The predicted molar refractivity (Wildman–Crippen MR) is 44.6 cm³/mol. The minimum atomic E-state index is -2.53. The summed E-state index contributed by atoms with van der Waals surface area (Å²) in [5.41, 5.74) is 0.469. The molecule has 0 fully saturated rings. The van der Waals surface area contributed by atoms with Crippen molar-refractivity contribution >= 4 is 8.03 Å². The molecule has 0 spiro atoms. The first-order valence-corrected chi connectivity index (χ1v) is 4.38. The normalized spacial score (nSPS) is 13.0. The molecule has 60 valence electrons. The van der Waals surface area contributed by atoms with Gasteiger partial charge in [0.1, 0.15) is 0 Å². The van der Waals surface area contributed by atoms with E-state index in [0.717, 1.165) is 0 Å². The van der Waals surface area contributed by atoms with Crippen molar-refractivity contribution < 1.29 is 48.4 Å². The number of hydrogen-bond acceptors (Lipinski definition) is 2. The molecule has 5 heteroatoms. The van der Waals surface area contributed by atoms with Crippen LogP contribution >= 0.6 is 8.03 Å². The zero-order chi connectivity index (χ0) is 8.27. The molecule has 2 unspecified atom stereocenters. The molecule has 2 N–H and O–H groups in total. The maximum Gasteiger partial charge on any atom is 1.00 e. The van der Waals surface area contributed by atoms with Crippen molar-refractivity contribution in [2.75, 3.05) is 0 Å². The number of benzene rings is 1. The van der Waals surface area contributed by atoms with Gasteiger partial charge in [-0.2, -0.15) is 4.89 Å². The van der Waals surface area contributed by atoms with E-state index in [2.05, 4.69) is 0 Å². The number of hydrogen-bond donors (Lipinski definition) is 2. The van der Waals surface area contributed by atoms with Crippen molar-refractivity contribution in [1.82, 2.24) is 0 Å². The number of aliphatic hydroxyl groups is 1. The molecule has 3 nitrogen and oxygen atoms in total. The van der Waals surface area contributed by atoms with Gasteiger partial charge in [0.05, 0.1) is 0 Å². The Hall–Kier alpha value is 0.240. The second-order valence-electron chi connectivity index (χ2n) is 2.09. The topological polar surface area (TPSA) is 57.5 Å². The smallest absolute Gasteiger partial charge is 1.00 e. The van der Waals surface area contributed by atoms with Gasteiger partial charge in [-0.15, -0.1) is 0 Å².